The number of aromatic amines is 1. The number of carbonyl (C=O) groups excluding carboxylic acids is 2. The lowest BCUT2D eigenvalue weighted by atomic mass is 10.0. The average Bonchev–Trinajstić information content (AvgIpc) is 3.44. The van der Waals surface area contributed by atoms with Crippen molar-refractivity contribution in [3.63, 3.8) is 0 Å². The van der Waals surface area contributed by atoms with Crippen molar-refractivity contribution < 1.29 is 9.59 Å². The number of pyridine rings is 2. The van der Waals surface area contributed by atoms with Crippen molar-refractivity contribution in [2.75, 3.05) is 33.2 Å². The number of aromatic nitrogens is 3. The Hall–Kier alpha value is -5.34. The summed E-state index contributed by atoms with van der Waals surface area (Å²) in [4.78, 5) is 42.1. The van der Waals surface area contributed by atoms with E-state index in [1.165, 1.54) is 0 Å². The van der Waals surface area contributed by atoms with Gasteiger partial charge in [-0.3, -0.25) is 9.59 Å². The third kappa shape index (κ3) is 5.56. The van der Waals surface area contributed by atoms with Crippen LogP contribution in [-0.2, 0) is 0 Å². The van der Waals surface area contributed by atoms with Crippen LogP contribution in [0, 0.1) is 0 Å². The van der Waals surface area contributed by atoms with Crippen molar-refractivity contribution in [3.05, 3.63) is 108 Å². The van der Waals surface area contributed by atoms with Gasteiger partial charge in [0.25, 0.3) is 11.8 Å². The number of para-hydroxylation sites is 4. The predicted octanol–water partition coefficient (Wildman–Crippen LogP) is 6.44. The summed E-state index contributed by atoms with van der Waals surface area (Å²) in [5.74, 6) is -0.186. The molecule has 3 N–H and O–H groups in total. The first-order chi connectivity index (χ1) is 22.1. The van der Waals surface area contributed by atoms with Gasteiger partial charge < -0.3 is 20.5 Å². The van der Waals surface area contributed by atoms with Crippen molar-refractivity contribution in [1.82, 2.24) is 30.5 Å². The largest absolute Gasteiger partial charge is 0.353 e. The standard InChI is InChI=1S/C37H34N6O2/c1-43(22-10-20-38-36(44)32-24-12-2-6-16-28(24)40-29-17-7-3-13-25(29)32)23-11-21-39-37(45)33-26-14-4-8-18-30(26)41-34-27-15-5-9-19-31(27)42-35(33)34/h2-9,12-19,42H,10-11,20-23H2,1H3,(H,38,44)(H,39,45). The lowest BCUT2D eigenvalue weighted by molar-refractivity contribution is 0.0948. The van der Waals surface area contributed by atoms with E-state index in [0.717, 1.165) is 80.6 Å². The molecule has 0 aliphatic heterocycles. The Morgan fingerprint density at radius 3 is 1.69 bits per heavy atom. The van der Waals surface area contributed by atoms with E-state index in [0.29, 0.717) is 24.2 Å². The Labute approximate surface area is 260 Å². The van der Waals surface area contributed by atoms with Gasteiger partial charge in [0.1, 0.15) is 0 Å². The van der Waals surface area contributed by atoms with E-state index in [9.17, 15) is 9.59 Å². The first-order valence-electron chi connectivity index (χ1n) is 15.4. The zero-order valence-corrected chi connectivity index (χ0v) is 25.1. The van der Waals surface area contributed by atoms with Crippen LogP contribution >= 0.6 is 0 Å². The molecule has 3 heterocycles. The minimum Gasteiger partial charge on any atom is -0.353 e. The molecule has 0 radical (unpaired) electrons. The number of benzene rings is 4. The molecule has 0 bridgehead atoms. The Kier molecular flexibility index (Phi) is 7.80. The van der Waals surface area contributed by atoms with Gasteiger partial charge in [-0.1, -0.05) is 72.8 Å². The van der Waals surface area contributed by atoms with Crippen LogP contribution in [-0.4, -0.2) is 64.9 Å². The second-order valence-electron chi connectivity index (χ2n) is 11.4. The predicted molar refractivity (Wildman–Crippen MR) is 182 cm³/mol. The zero-order valence-electron chi connectivity index (χ0n) is 25.1. The van der Waals surface area contributed by atoms with E-state index in [-0.39, 0.29) is 11.8 Å². The van der Waals surface area contributed by atoms with Crippen LogP contribution < -0.4 is 10.6 Å². The summed E-state index contributed by atoms with van der Waals surface area (Å²) in [6, 6.07) is 31.3. The van der Waals surface area contributed by atoms with Crippen LogP contribution in [0.3, 0.4) is 0 Å². The highest BCUT2D eigenvalue weighted by atomic mass is 16.2. The topological polar surface area (TPSA) is 103 Å². The Morgan fingerprint density at radius 1 is 0.622 bits per heavy atom. The van der Waals surface area contributed by atoms with Gasteiger partial charge in [-0.2, -0.15) is 0 Å². The minimum absolute atomic E-state index is 0.0807. The van der Waals surface area contributed by atoms with Crippen LogP contribution in [0.15, 0.2) is 97.1 Å². The monoisotopic (exact) mass is 594 g/mol. The Bertz CT molecular complexity index is 2150. The molecule has 0 aliphatic carbocycles. The Morgan fingerprint density at radius 2 is 1.09 bits per heavy atom. The van der Waals surface area contributed by atoms with E-state index in [2.05, 4.69) is 27.6 Å². The highest BCUT2D eigenvalue weighted by Gasteiger charge is 2.19. The third-order valence-electron chi connectivity index (χ3n) is 8.38. The molecule has 0 atom stereocenters. The number of fused-ring (bicyclic) bond motifs is 6. The van der Waals surface area contributed by atoms with E-state index in [1.54, 1.807) is 0 Å². The smallest absolute Gasteiger partial charge is 0.254 e. The molecule has 0 fully saturated rings. The Balaban J connectivity index is 0.934. The van der Waals surface area contributed by atoms with E-state index < -0.39 is 0 Å². The number of H-pyrrole nitrogens is 1. The van der Waals surface area contributed by atoms with Gasteiger partial charge in [0, 0.05) is 40.2 Å². The molecule has 0 aliphatic rings. The minimum atomic E-state index is -0.105. The van der Waals surface area contributed by atoms with Crippen molar-refractivity contribution in [3.8, 4) is 0 Å². The molecule has 8 heteroatoms. The van der Waals surface area contributed by atoms with Gasteiger partial charge in [0.2, 0.25) is 0 Å². The van der Waals surface area contributed by atoms with Gasteiger partial charge in [-0.15, -0.1) is 0 Å². The fourth-order valence-electron chi connectivity index (χ4n) is 6.17. The van der Waals surface area contributed by atoms with Crippen molar-refractivity contribution in [1.29, 1.82) is 0 Å². The van der Waals surface area contributed by atoms with E-state index >= 15 is 0 Å². The SMILES string of the molecule is CN(CCCNC(=O)c1c2ccccc2nc2ccccc12)CCCNC(=O)c1c2ccccc2nc2c1[nH]c1ccccc12. The third-order valence-corrected chi connectivity index (χ3v) is 8.38. The van der Waals surface area contributed by atoms with Crippen molar-refractivity contribution >= 4 is 66.5 Å². The number of nitrogens with zero attached hydrogens (tertiary/aromatic N) is 3. The average molecular weight is 595 g/mol. The number of nitrogens with one attached hydrogen (secondary N) is 3. The number of hydrogen-bond donors (Lipinski definition) is 3. The fraction of sp³-hybridized carbons (Fsp3) is 0.189. The van der Waals surface area contributed by atoms with Crippen LogP contribution in [0.25, 0.3) is 54.6 Å². The van der Waals surface area contributed by atoms with Crippen molar-refractivity contribution in [2.45, 2.75) is 12.8 Å². The second kappa shape index (κ2) is 12.3. The van der Waals surface area contributed by atoms with Gasteiger partial charge in [0.15, 0.2) is 0 Å². The molecule has 0 unspecified atom stereocenters. The molecular formula is C37H34N6O2. The quantitative estimate of drug-likeness (QED) is 0.125. The molecule has 224 valence electrons. The molecule has 4 aromatic carbocycles. The van der Waals surface area contributed by atoms with Crippen LogP contribution in [0.1, 0.15) is 33.6 Å². The highest BCUT2D eigenvalue weighted by Crippen LogP contribution is 2.31. The van der Waals surface area contributed by atoms with E-state index in [1.807, 2.05) is 97.1 Å². The molecule has 0 saturated carbocycles. The molecule has 7 aromatic rings. The summed E-state index contributed by atoms with van der Waals surface area (Å²) in [7, 11) is 2.07. The zero-order chi connectivity index (χ0) is 30.8. The lowest BCUT2D eigenvalue weighted by Gasteiger charge is -2.17. The second-order valence-corrected chi connectivity index (χ2v) is 11.4. The maximum atomic E-state index is 13.5. The van der Waals surface area contributed by atoms with Crippen molar-refractivity contribution in [2.24, 2.45) is 0 Å². The van der Waals surface area contributed by atoms with Gasteiger partial charge in [-0.05, 0) is 57.2 Å². The molecule has 3 aromatic heterocycles. The molecule has 8 nitrogen and oxygen atoms in total. The molecule has 2 amide bonds. The molecular weight excluding hydrogens is 560 g/mol. The van der Waals surface area contributed by atoms with Gasteiger partial charge in [0.05, 0.1) is 38.7 Å². The molecule has 7 rings (SSSR count). The first-order valence-corrected chi connectivity index (χ1v) is 15.4. The summed E-state index contributed by atoms with van der Waals surface area (Å²) >= 11 is 0. The summed E-state index contributed by atoms with van der Waals surface area (Å²) in [5, 5.41) is 9.82. The maximum absolute atomic E-state index is 13.5. The first kappa shape index (κ1) is 28.4. The summed E-state index contributed by atoms with van der Waals surface area (Å²) in [5.41, 5.74) is 6.28. The summed E-state index contributed by atoms with van der Waals surface area (Å²) in [6.07, 6.45) is 1.62. The molecule has 0 saturated heterocycles. The van der Waals surface area contributed by atoms with Gasteiger partial charge >= 0.3 is 0 Å². The fourth-order valence-corrected chi connectivity index (χ4v) is 6.17. The number of amides is 2. The number of carbonyl (C=O) groups is 2. The van der Waals surface area contributed by atoms with Crippen LogP contribution in [0.5, 0.6) is 0 Å². The van der Waals surface area contributed by atoms with Gasteiger partial charge in [-0.25, -0.2) is 9.97 Å². The molecule has 45 heavy (non-hydrogen) atoms. The van der Waals surface area contributed by atoms with E-state index in [4.69, 9.17) is 9.97 Å². The highest BCUT2D eigenvalue weighted by molar-refractivity contribution is 6.20. The lowest BCUT2D eigenvalue weighted by Crippen LogP contribution is -2.31. The summed E-state index contributed by atoms with van der Waals surface area (Å²) < 4.78 is 0. The number of rotatable bonds is 10. The molecule has 0 spiro atoms. The normalized spacial score (nSPS) is 11.7. The van der Waals surface area contributed by atoms with Crippen LogP contribution in [0.2, 0.25) is 0 Å². The number of hydrogen-bond acceptors (Lipinski definition) is 5. The summed E-state index contributed by atoms with van der Waals surface area (Å²) in [6.45, 7) is 2.78. The van der Waals surface area contributed by atoms with Crippen LogP contribution in [0.4, 0.5) is 0 Å². The maximum Gasteiger partial charge on any atom is 0.254 e.